The molecule has 1 fully saturated rings. The van der Waals surface area contributed by atoms with Crippen molar-refractivity contribution >= 4 is 5.91 Å². The van der Waals surface area contributed by atoms with Gasteiger partial charge in [-0.3, -0.25) is 4.79 Å². The Balaban J connectivity index is 2.10. The maximum atomic E-state index is 11.5. The van der Waals surface area contributed by atoms with Crippen molar-refractivity contribution in [1.82, 2.24) is 10.6 Å². The predicted molar refractivity (Wildman–Crippen MR) is 61.2 cm³/mol. The molecule has 0 aromatic rings. The normalized spacial score (nSPS) is 22.8. The van der Waals surface area contributed by atoms with Gasteiger partial charge in [0.2, 0.25) is 5.91 Å². The van der Waals surface area contributed by atoms with Crippen molar-refractivity contribution in [3.63, 3.8) is 0 Å². The molecule has 0 radical (unpaired) electrons. The van der Waals surface area contributed by atoms with E-state index in [9.17, 15) is 9.90 Å². The highest BCUT2D eigenvalue weighted by molar-refractivity contribution is 5.76. The smallest absolute Gasteiger partial charge is 0.222 e. The highest BCUT2D eigenvalue weighted by atomic mass is 16.5. The number of nitrogens with one attached hydrogen (secondary N) is 2. The van der Waals surface area contributed by atoms with Crippen molar-refractivity contribution < 1.29 is 14.6 Å². The summed E-state index contributed by atoms with van der Waals surface area (Å²) in [5.74, 6) is -0.0520. The van der Waals surface area contributed by atoms with E-state index in [4.69, 9.17) is 4.74 Å². The van der Waals surface area contributed by atoms with Crippen LogP contribution in [-0.2, 0) is 9.53 Å². The van der Waals surface area contributed by atoms with E-state index in [0.29, 0.717) is 19.6 Å². The zero-order valence-electron chi connectivity index (χ0n) is 9.87. The van der Waals surface area contributed by atoms with Crippen LogP contribution in [0.25, 0.3) is 0 Å². The second kappa shape index (κ2) is 7.60. The molecule has 1 rings (SSSR count). The highest BCUT2D eigenvalue weighted by Gasteiger charge is 2.17. The third-order valence-corrected chi connectivity index (χ3v) is 2.57. The minimum absolute atomic E-state index is 0.0305. The molecule has 0 spiro atoms. The van der Waals surface area contributed by atoms with E-state index >= 15 is 0 Å². The number of aliphatic hydroxyl groups excluding tert-OH is 1. The molecule has 1 aliphatic heterocycles. The maximum absolute atomic E-state index is 11.5. The van der Waals surface area contributed by atoms with E-state index < -0.39 is 6.10 Å². The van der Waals surface area contributed by atoms with Gasteiger partial charge in [0.25, 0.3) is 0 Å². The summed E-state index contributed by atoms with van der Waals surface area (Å²) in [5, 5.41) is 15.3. The van der Waals surface area contributed by atoms with Gasteiger partial charge in [-0.15, -0.1) is 0 Å². The van der Waals surface area contributed by atoms with Gasteiger partial charge in [-0.2, -0.15) is 0 Å². The Hall–Kier alpha value is -0.650. The van der Waals surface area contributed by atoms with Gasteiger partial charge >= 0.3 is 0 Å². The van der Waals surface area contributed by atoms with Crippen molar-refractivity contribution in [3.05, 3.63) is 0 Å². The second-order valence-electron chi connectivity index (χ2n) is 4.15. The maximum Gasteiger partial charge on any atom is 0.222 e. The molecule has 0 aromatic carbocycles. The van der Waals surface area contributed by atoms with E-state index in [1.54, 1.807) is 0 Å². The molecule has 0 bridgehead atoms. The molecule has 16 heavy (non-hydrogen) atoms. The average molecular weight is 230 g/mol. The number of amides is 1. The first-order valence-corrected chi connectivity index (χ1v) is 5.99. The second-order valence-corrected chi connectivity index (χ2v) is 4.15. The van der Waals surface area contributed by atoms with Crippen LogP contribution < -0.4 is 10.6 Å². The summed E-state index contributed by atoms with van der Waals surface area (Å²) < 4.78 is 5.42. The van der Waals surface area contributed by atoms with Crippen LogP contribution in [0.3, 0.4) is 0 Å². The Kier molecular flexibility index (Phi) is 6.37. The van der Waals surface area contributed by atoms with Gasteiger partial charge in [0.1, 0.15) is 0 Å². The quantitative estimate of drug-likeness (QED) is 0.583. The fraction of sp³-hybridized carbons (Fsp3) is 0.909. The lowest BCUT2D eigenvalue weighted by Gasteiger charge is -2.23. The molecule has 5 heteroatoms. The molecular formula is C11H22N2O3. The molecule has 0 saturated carbocycles. The number of carbonyl (C=O) groups is 1. The lowest BCUT2D eigenvalue weighted by atomic mass is 10.2. The van der Waals surface area contributed by atoms with Gasteiger partial charge in [0.15, 0.2) is 0 Å². The predicted octanol–water partition coefficient (Wildman–Crippen LogP) is -0.358. The van der Waals surface area contributed by atoms with Gasteiger partial charge in [-0.1, -0.05) is 13.3 Å². The first-order chi connectivity index (χ1) is 7.72. The Bertz CT molecular complexity index is 205. The molecule has 1 aliphatic rings. The van der Waals surface area contributed by atoms with Gasteiger partial charge in [-0.05, 0) is 6.42 Å². The Labute approximate surface area is 96.6 Å². The summed E-state index contributed by atoms with van der Waals surface area (Å²) in [7, 11) is 0. The summed E-state index contributed by atoms with van der Waals surface area (Å²) in [5.41, 5.74) is 0. The van der Waals surface area contributed by atoms with E-state index in [1.807, 2.05) is 6.92 Å². The first-order valence-electron chi connectivity index (χ1n) is 5.99. The van der Waals surface area contributed by atoms with Crippen molar-refractivity contribution in [1.29, 1.82) is 0 Å². The zero-order chi connectivity index (χ0) is 11.8. The van der Waals surface area contributed by atoms with Crippen LogP contribution in [0.4, 0.5) is 0 Å². The summed E-state index contributed by atoms with van der Waals surface area (Å²) in [6.45, 7) is 4.59. The summed E-state index contributed by atoms with van der Waals surface area (Å²) in [6.07, 6.45) is 1.55. The topological polar surface area (TPSA) is 70.6 Å². The average Bonchev–Trinajstić information content (AvgIpc) is 2.28. The lowest BCUT2D eigenvalue weighted by Crippen LogP contribution is -2.42. The SMILES string of the molecule is CCCC(O)CNC(=O)CC1CNCCO1. The molecular weight excluding hydrogens is 208 g/mol. The van der Waals surface area contributed by atoms with Gasteiger partial charge < -0.3 is 20.5 Å². The third kappa shape index (κ3) is 5.44. The third-order valence-electron chi connectivity index (χ3n) is 2.57. The fourth-order valence-corrected chi connectivity index (χ4v) is 1.70. The summed E-state index contributed by atoms with van der Waals surface area (Å²) in [4.78, 5) is 11.5. The van der Waals surface area contributed by atoms with Crippen LogP contribution in [0.2, 0.25) is 0 Å². The Morgan fingerprint density at radius 1 is 1.69 bits per heavy atom. The van der Waals surface area contributed by atoms with E-state index in [-0.39, 0.29) is 12.0 Å². The van der Waals surface area contributed by atoms with Crippen molar-refractivity contribution in [2.75, 3.05) is 26.2 Å². The highest BCUT2D eigenvalue weighted by Crippen LogP contribution is 2.01. The van der Waals surface area contributed by atoms with Crippen LogP contribution in [0.15, 0.2) is 0 Å². The van der Waals surface area contributed by atoms with Crippen LogP contribution in [0.5, 0.6) is 0 Å². The van der Waals surface area contributed by atoms with Crippen LogP contribution >= 0.6 is 0 Å². The Morgan fingerprint density at radius 3 is 3.12 bits per heavy atom. The number of aliphatic hydroxyl groups is 1. The fourth-order valence-electron chi connectivity index (χ4n) is 1.70. The monoisotopic (exact) mass is 230 g/mol. The van der Waals surface area contributed by atoms with Crippen LogP contribution in [0, 0.1) is 0 Å². The minimum Gasteiger partial charge on any atom is -0.391 e. The van der Waals surface area contributed by atoms with Crippen LogP contribution in [-0.4, -0.2) is 49.5 Å². The number of morpholine rings is 1. The standard InChI is InChI=1S/C11H22N2O3/c1-2-3-9(14)7-13-11(15)6-10-8-12-4-5-16-10/h9-10,12,14H,2-8H2,1H3,(H,13,15). The van der Waals surface area contributed by atoms with E-state index in [0.717, 1.165) is 25.9 Å². The van der Waals surface area contributed by atoms with Crippen molar-refractivity contribution in [3.8, 4) is 0 Å². The molecule has 94 valence electrons. The molecule has 1 heterocycles. The molecule has 5 nitrogen and oxygen atoms in total. The molecule has 2 unspecified atom stereocenters. The summed E-state index contributed by atoms with van der Waals surface area (Å²) in [6, 6.07) is 0. The molecule has 0 aliphatic carbocycles. The van der Waals surface area contributed by atoms with E-state index in [2.05, 4.69) is 10.6 Å². The van der Waals surface area contributed by atoms with Crippen molar-refractivity contribution in [2.24, 2.45) is 0 Å². The minimum atomic E-state index is -0.431. The largest absolute Gasteiger partial charge is 0.391 e. The lowest BCUT2D eigenvalue weighted by molar-refractivity contribution is -0.124. The number of rotatable bonds is 6. The molecule has 1 amide bonds. The van der Waals surface area contributed by atoms with Crippen molar-refractivity contribution in [2.45, 2.75) is 38.4 Å². The molecule has 3 N–H and O–H groups in total. The number of hydrogen-bond donors (Lipinski definition) is 3. The van der Waals surface area contributed by atoms with Gasteiger partial charge in [0.05, 0.1) is 25.2 Å². The molecule has 0 aromatic heterocycles. The van der Waals surface area contributed by atoms with Crippen LogP contribution in [0.1, 0.15) is 26.2 Å². The summed E-state index contributed by atoms with van der Waals surface area (Å²) >= 11 is 0. The number of carbonyl (C=O) groups excluding carboxylic acids is 1. The number of ether oxygens (including phenoxy) is 1. The van der Waals surface area contributed by atoms with Gasteiger partial charge in [0, 0.05) is 19.6 Å². The van der Waals surface area contributed by atoms with Gasteiger partial charge in [-0.25, -0.2) is 0 Å². The first kappa shape index (κ1) is 13.4. The Morgan fingerprint density at radius 2 is 2.50 bits per heavy atom. The molecule has 2 atom stereocenters. The zero-order valence-corrected chi connectivity index (χ0v) is 9.87. The molecule has 1 saturated heterocycles. The van der Waals surface area contributed by atoms with E-state index in [1.165, 1.54) is 0 Å². The number of hydrogen-bond acceptors (Lipinski definition) is 4.